The number of carbonyl (C=O) groups is 1. The summed E-state index contributed by atoms with van der Waals surface area (Å²) in [7, 11) is -3.29. The Morgan fingerprint density at radius 3 is 2.19 bits per heavy atom. The van der Waals surface area contributed by atoms with Crippen LogP contribution in [0, 0.1) is 0 Å². The molecule has 0 aliphatic carbocycles. The first-order valence-corrected chi connectivity index (χ1v) is 6.88. The lowest BCUT2D eigenvalue weighted by atomic mass is 10.1. The van der Waals surface area contributed by atoms with Gasteiger partial charge < -0.3 is 0 Å². The SMILES string of the molecule is CC(Cl)C(=O)c1ccc(NS(C)(=O)=O)cc1. The van der Waals surface area contributed by atoms with Gasteiger partial charge in [0.15, 0.2) is 5.78 Å². The van der Waals surface area contributed by atoms with Crippen LogP contribution in [0.15, 0.2) is 24.3 Å². The number of rotatable bonds is 4. The fraction of sp³-hybridized carbons (Fsp3) is 0.300. The number of hydrogen-bond acceptors (Lipinski definition) is 3. The lowest BCUT2D eigenvalue weighted by molar-refractivity contribution is 0.0992. The summed E-state index contributed by atoms with van der Waals surface area (Å²) in [5.41, 5.74) is 0.878. The second kappa shape index (κ2) is 4.84. The van der Waals surface area contributed by atoms with Crippen LogP contribution in [0.25, 0.3) is 0 Å². The maximum atomic E-state index is 11.5. The first-order chi connectivity index (χ1) is 7.29. The zero-order valence-electron chi connectivity index (χ0n) is 8.90. The molecule has 0 heterocycles. The second-order valence-corrected chi connectivity index (χ2v) is 5.83. The number of anilines is 1. The van der Waals surface area contributed by atoms with Gasteiger partial charge in [-0.15, -0.1) is 11.6 Å². The van der Waals surface area contributed by atoms with Crippen molar-refractivity contribution in [2.45, 2.75) is 12.3 Å². The van der Waals surface area contributed by atoms with Gasteiger partial charge in [-0.2, -0.15) is 0 Å². The Labute approximate surface area is 99.7 Å². The standard InChI is InChI=1S/C10H12ClNO3S/c1-7(11)10(13)8-3-5-9(6-4-8)12-16(2,14)15/h3-7,12H,1-2H3. The molecule has 0 saturated heterocycles. The number of ketones is 1. The predicted octanol–water partition coefficient (Wildman–Crippen LogP) is 1.87. The van der Waals surface area contributed by atoms with E-state index < -0.39 is 15.4 Å². The van der Waals surface area contributed by atoms with Crippen LogP contribution in [0.1, 0.15) is 17.3 Å². The summed E-state index contributed by atoms with van der Waals surface area (Å²) in [6.07, 6.45) is 1.06. The third-order valence-electron chi connectivity index (χ3n) is 1.83. The molecule has 1 rings (SSSR count). The Hall–Kier alpha value is -1.07. The molecule has 1 unspecified atom stereocenters. The van der Waals surface area contributed by atoms with Gasteiger partial charge >= 0.3 is 0 Å². The minimum atomic E-state index is -3.29. The second-order valence-electron chi connectivity index (χ2n) is 3.43. The quantitative estimate of drug-likeness (QED) is 0.665. The molecule has 0 radical (unpaired) electrons. The molecule has 0 bridgehead atoms. The van der Waals surface area contributed by atoms with Crippen molar-refractivity contribution in [2.75, 3.05) is 11.0 Å². The molecule has 0 saturated carbocycles. The molecule has 1 aromatic carbocycles. The predicted molar refractivity (Wildman–Crippen MR) is 64.6 cm³/mol. The summed E-state index contributed by atoms with van der Waals surface area (Å²) >= 11 is 5.65. The van der Waals surface area contributed by atoms with Crippen LogP contribution < -0.4 is 4.72 Å². The van der Waals surface area contributed by atoms with Crippen LogP contribution in [0.4, 0.5) is 5.69 Å². The van der Waals surface area contributed by atoms with Crippen molar-refractivity contribution in [3.8, 4) is 0 Å². The highest BCUT2D eigenvalue weighted by Gasteiger charge is 2.12. The highest BCUT2D eigenvalue weighted by atomic mass is 35.5. The molecule has 1 N–H and O–H groups in total. The van der Waals surface area contributed by atoms with E-state index >= 15 is 0 Å². The van der Waals surface area contributed by atoms with Gasteiger partial charge in [-0.3, -0.25) is 9.52 Å². The van der Waals surface area contributed by atoms with Crippen LogP contribution in [0.3, 0.4) is 0 Å². The average Bonchev–Trinajstić information content (AvgIpc) is 2.15. The molecular formula is C10H12ClNO3S. The van der Waals surface area contributed by atoms with Crippen molar-refractivity contribution in [2.24, 2.45) is 0 Å². The van der Waals surface area contributed by atoms with E-state index in [1.54, 1.807) is 6.92 Å². The third-order valence-corrected chi connectivity index (χ3v) is 2.64. The topological polar surface area (TPSA) is 63.2 Å². The number of alkyl halides is 1. The largest absolute Gasteiger partial charge is 0.293 e. The molecule has 88 valence electrons. The summed E-state index contributed by atoms with van der Waals surface area (Å²) in [6, 6.07) is 6.12. The number of benzene rings is 1. The normalized spacial score (nSPS) is 13.2. The van der Waals surface area contributed by atoms with Crippen LogP contribution in [-0.4, -0.2) is 25.8 Å². The zero-order chi connectivity index (χ0) is 12.3. The lowest BCUT2D eigenvalue weighted by Gasteiger charge is -2.05. The van der Waals surface area contributed by atoms with Gasteiger partial charge in [-0.1, -0.05) is 0 Å². The molecular weight excluding hydrogens is 250 g/mol. The van der Waals surface area contributed by atoms with Crippen molar-refractivity contribution in [1.82, 2.24) is 0 Å². The van der Waals surface area contributed by atoms with E-state index in [1.165, 1.54) is 24.3 Å². The van der Waals surface area contributed by atoms with E-state index in [9.17, 15) is 13.2 Å². The minimum Gasteiger partial charge on any atom is -0.293 e. The van der Waals surface area contributed by atoms with Crippen molar-refractivity contribution in [3.05, 3.63) is 29.8 Å². The van der Waals surface area contributed by atoms with E-state index in [1.807, 2.05) is 0 Å². The summed E-state index contributed by atoms with van der Waals surface area (Å²) in [4.78, 5) is 11.5. The molecule has 6 heteroatoms. The fourth-order valence-corrected chi connectivity index (χ4v) is 1.84. The number of carbonyl (C=O) groups excluding carboxylic acids is 1. The van der Waals surface area contributed by atoms with Crippen molar-refractivity contribution >= 4 is 33.1 Å². The van der Waals surface area contributed by atoms with Gasteiger partial charge in [0.25, 0.3) is 0 Å². The molecule has 0 aromatic heterocycles. The Kier molecular flexibility index (Phi) is 3.93. The average molecular weight is 262 g/mol. The monoisotopic (exact) mass is 261 g/mol. The smallest absolute Gasteiger partial charge is 0.229 e. The Morgan fingerprint density at radius 1 is 1.31 bits per heavy atom. The number of nitrogens with one attached hydrogen (secondary N) is 1. The van der Waals surface area contributed by atoms with Crippen LogP contribution in [-0.2, 0) is 10.0 Å². The first-order valence-electron chi connectivity index (χ1n) is 4.56. The van der Waals surface area contributed by atoms with E-state index in [0.717, 1.165) is 6.26 Å². The van der Waals surface area contributed by atoms with Gasteiger partial charge in [0.05, 0.1) is 11.6 Å². The minimum absolute atomic E-state index is 0.187. The van der Waals surface area contributed by atoms with Crippen LogP contribution >= 0.6 is 11.6 Å². The first kappa shape index (κ1) is 13.0. The zero-order valence-corrected chi connectivity index (χ0v) is 10.5. The molecule has 0 fully saturated rings. The van der Waals surface area contributed by atoms with E-state index in [0.29, 0.717) is 11.3 Å². The van der Waals surface area contributed by atoms with Crippen molar-refractivity contribution in [3.63, 3.8) is 0 Å². The highest BCUT2D eigenvalue weighted by molar-refractivity contribution is 7.92. The van der Waals surface area contributed by atoms with Gasteiger partial charge in [-0.25, -0.2) is 8.42 Å². The molecule has 0 amide bonds. The Balaban J connectivity index is 2.88. The van der Waals surface area contributed by atoms with E-state index in [-0.39, 0.29) is 5.78 Å². The summed E-state index contributed by atoms with van der Waals surface area (Å²) in [5.74, 6) is -0.187. The summed E-state index contributed by atoms with van der Waals surface area (Å²) in [6.45, 7) is 1.59. The Morgan fingerprint density at radius 2 is 1.81 bits per heavy atom. The number of halogens is 1. The molecule has 0 aliphatic heterocycles. The summed E-state index contributed by atoms with van der Waals surface area (Å²) in [5, 5.41) is -0.589. The van der Waals surface area contributed by atoms with Gasteiger partial charge in [-0.05, 0) is 31.2 Å². The maximum Gasteiger partial charge on any atom is 0.229 e. The lowest BCUT2D eigenvalue weighted by Crippen LogP contribution is -2.12. The summed E-state index contributed by atoms with van der Waals surface area (Å²) < 4.78 is 24.2. The van der Waals surface area contributed by atoms with E-state index in [2.05, 4.69) is 4.72 Å². The number of Topliss-reactive ketones (excluding diaryl/α,β-unsaturated/α-hetero) is 1. The molecule has 4 nitrogen and oxygen atoms in total. The van der Waals surface area contributed by atoms with Gasteiger partial charge in [0, 0.05) is 11.3 Å². The van der Waals surface area contributed by atoms with Gasteiger partial charge in [0.2, 0.25) is 10.0 Å². The number of sulfonamides is 1. The third kappa shape index (κ3) is 3.83. The molecule has 1 aromatic rings. The molecule has 1 atom stereocenters. The highest BCUT2D eigenvalue weighted by Crippen LogP contribution is 2.13. The van der Waals surface area contributed by atoms with Crippen LogP contribution in [0.2, 0.25) is 0 Å². The molecule has 0 spiro atoms. The molecule has 0 aliphatic rings. The van der Waals surface area contributed by atoms with Crippen LogP contribution in [0.5, 0.6) is 0 Å². The van der Waals surface area contributed by atoms with Crippen molar-refractivity contribution < 1.29 is 13.2 Å². The molecule has 16 heavy (non-hydrogen) atoms. The number of hydrogen-bond donors (Lipinski definition) is 1. The van der Waals surface area contributed by atoms with Gasteiger partial charge in [0.1, 0.15) is 0 Å². The maximum absolute atomic E-state index is 11.5. The fourth-order valence-electron chi connectivity index (χ4n) is 1.15. The van der Waals surface area contributed by atoms with E-state index in [4.69, 9.17) is 11.6 Å². The Bertz CT molecular complexity index is 479. The van der Waals surface area contributed by atoms with Crippen molar-refractivity contribution in [1.29, 1.82) is 0 Å².